The largest absolute Gasteiger partial charge is 0.325 e. The summed E-state index contributed by atoms with van der Waals surface area (Å²) in [5, 5.41) is 0.608. The van der Waals surface area contributed by atoms with Crippen molar-refractivity contribution in [3.8, 4) is 0 Å². The Balaban J connectivity index is 1.92. The molecule has 0 spiro atoms. The monoisotopic (exact) mass is 300 g/mol. The predicted molar refractivity (Wildman–Crippen MR) is 84.5 cm³/mol. The lowest BCUT2D eigenvalue weighted by atomic mass is 10.2. The Kier molecular flexibility index (Phi) is 3.79. The van der Waals surface area contributed by atoms with Crippen molar-refractivity contribution in [2.24, 2.45) is 7.05 Å². The summed E-state index contributed by atoms with van der Waals surface area (Å²) in [6.45, 7) is 2.01. The minimum Gasteiger partial charge on any atom is -0.325 e. The van der Waals surface area contributed by atoms with Gasteiger partial charge in [0.2, 0.25) is 0 Å². The van der Waals surface area contributed by atoms with Crippen LogP contribution in [-0.4, -0.2) is 19.5 Å². The SMILES string of the molecule is CCc1nc2nc(SCc3ccccc3)[nH]c(=O)c2n1C. The third-order valence-electron chi connectivity index (χ3n) is 3.35. The molecule has 2 aromatic heterocycles. The fraction of sp³-hybridized carbons (Fsp3) is 0.267. The number of aromatic amines is 1. The molecule has 0 bridgehead atoms. The van der Waals surface area contributed by atoms with E-state index >= 15 is 0 Å². The highest BCUT2D eigenvalue weighted by atomic mass is 32.2. The molecule has 0 saturated heterocycles. The van der Waals surface area contributed by atoms with Crippen molar-refractivity contribution in [3.05, 3.63) is 52.1 Å². The van der Waals surface area contributed by atoms with E-state index in [9.17, 15) is 4.79 Å². The van der Waals surface area contributed by atoms with E-state index in [0.29, 0.717) is 16.3 Å². The molecule has 108 valence electrons. The number of nitrogens with one attached hydrogen (secondary N) is 1. The second-order valence-electron chi connectivity index (χ2n) is 4.76. The Bertz CT molecular complexity index is 823. The second-order valence-corrected chi connectivity index (χ2v) is 5.72. The molecule has 0 fully saturated rings. The topological polar surface area (TPSA) is 63.6 Å². The molecule has 0 unspecified atom stereocenters. The normalized spacial score (nSPS) is 11.1. The Labute approximate surface area is 126 Å². The third kappa shape index (κ3) is 2.71. The van der Waals surface area contributed by atoms with Crippen LogP contribution in [0.1, 0.15) is 18.3 Å². The summed E-state index contributed by atoms with van der Waals surface area (Å²) in [6.07, 6.45) is 0.777. The van der Waals surface area contributed by atoms with Crippen molar-refractivity contribution in [1.29, 1.82) is 0 Å². The van der Waals surface area contributed by atoms with Crippen molar-refractivity contribution < 1.29 is 0 Å². The van der Waals surface area contributed by atoms with Crippen molar-refractivity contribution in [2.75, 3.05) is 0 Å². The molecule has 21 heavy (non-hydrogen) atoms. The van der Waals surface area contributed by atoms with Gasteiger partial charge < -0.3 is 4.57 Å². The molecule has 3 rings (SSSR count). The Morgan fingerprint density at radius 3 is 2.71 bits per heavy atom. The van der Waals surface area contributed by atoms with Crippen LogP contribution in [0.5, 0.6) is 0 Å². The van der Waals surface area contributed by atoms with E-state index < -0.39 is 0 Å². The van der Waals surface area contributed by atoms with Gasteiger partial charge in [-0.05, 0) is 5.56 Å². The van der Waals surface area contributed by atoms with Crippen LogP contribution in [0, 0.1) is 0 Å². The van der Waals surface area contributed by atoms with Gasteiger partial charge >= 0.3 is 0 Å². The van der Waals surface area contributed by atoms with Crippen LogP contribution >= 0.6 is 11.8 Å². The fourth-order valence-corrected chi connectivity index (χ4v) is 3.06. The molecule has 1 aromatic carbocycles. The first-order chi connectivity index (χ1) is 10.2. The molecule has 2 heterocycles. The number of rotatable bonds is 4. The van der Waals surface area contributed by atoms with E-state index in [4.69, 9.17) is 0 Å². The van der Waals surface area contributed by atoms with Crippen molar-refractivity contribution in [1.82, 2.24) is 19.5 Å². The molecular weight excluding hydrogens is 284 g/mol. The van der Waals surface area contributed by atoms with Gasteiger partial charge in [0.15, 0.2) is 16.3 Å². The average Bonchev–Trinajstić information content (AvgIpc) is 2.83. The molecule has 0 radical (unpaired) electrons. The van der Waals surface area contributed by atoms with Crippen LogP contribution < -0.4 is 5.56 Å². The number of H-pyrrole nitrogens is 1. The first kappa shape index (κ1) is 13.9. The average molecular weight is 300 g/mol. The lowest BCUT2D eigenvalue weighted by Crippen LogP contribution is -2.12. The van der Waals surface area contributed by atoms with Crippen LogP contribution in [0.25, 0.3) is 11.2 Å². The van der Waals surface area contributed by atoms with Gasteiger partial charge in [-0.15, -0.1) is 0 Å². The van der Waals surface area contributed by atoms with Crippen LogP contribution in [0.2, 0.25) is 0 Å². The molecule has 6 heteroatoms. The van der Waals surface area contributed by atoms with Gasteiger partial charge in [-0.1, -0.05) is 49.0 Å². The summed E-state index contributed by atoms with van der Waals surface area (Å²) in [5.41, 5.74) is 2.12. The van der Waals surface area contributed by atoms with Crippen LogP contribution in [-0.2, 0) is 19.2 Å². The number of thioether (sulfide) groups is 1. The highest BCUT2D eigenvalue weighted by Crippen LogP contribution is 2.19. The highest BCUT2D eigenvalue weighted by molar-refractivity contribution is 7.98. The molecule has 0 aliphatic carbocycles. The highest BCUT2D eigenvalue weighted by Gasteiger charge is 2.12. The summed E-state index contributed by atoms with van der Waals surface area (Å²) in [7, 11) is 1.85. The van der Waals surface area contributed by atoms with E-state index in [1.54, 1.807) is 0 Å². The van der Waals surface area contributed by atoms with Crippen LogP contribution in [0.4, 0.5) is 0 Å². The van der Waals surface area contributed by atoms with Gasteiger partial charge in [0, 0.05) is 19.2 Å². The van der Waals surface area contributed by atoms with E-state index in [-0.39, 0.29) is 5.56 Å². The number of fused-ring (bicyclic) bond motifs is 1. The first-order valence-electron chi connectivity index (χ1n) is 6.81. The summed E-state index contributed by atoms with van der Waals surface area (Å²) >= 11 is 1.51. The Morgan fingerprint density at radius 2 is 2.00 bits per heavy atom. The number of hydrogen-bond donors (Lipinski definition) is 1. The van der Waals surface area contributed by atoms with Crippen molar-refractivity contribution >= 4 is 22.9 Å². The Hall–Kier alpha value is -2.08. The van der Waals surface area contributed by atoms with Gasteiger partial charge in [-0.2, -0.15) is 0 Å². The van der Waals surface area contributed by atoms with Gasteiger partial charge in [0.05, 0.1) is 0 Å². The lowest BCUT2D eigenvalue weighted by molar-refractivity contribution is 0.824. The predicted octanol–water partition coefficient (Wildman–Crippen LogP) is 2.51. The molecule has 5 nitrogen and oxygen atoms in total. The molecular formula is C15H16N4OS. The smallest absolute Gasteiger partial charge is 0.277 e. The number of benzene rings is 1. The zero-order chi connectivity index (χ0) is 14.8. The van der Waals surface area contributed by atoms with E-state index in [0.717, 1.165) is 18.0 Å². The first-order valence-corrected chi connectivity index (χ1v) is 7.80. The quantitative estimate of drug-likeness (QED) is 0.594. The number of nitrogens with zero attached hydrogens (tertiary/aromatic N) is 3. The van der Waals surface area contributed by atoms with E-state index in [2.05, 4.69) is 27.1 Å². The van der Waals surface area contributed by atoms with Gasteiger partial charge in [-0.25, -0.2) is 9.97 Å². The summed E-state index contributed by atoms with van der Waals surface area (Å²) < 4.78 is 1.81. The molecule has 0 aliphatic heterocycles. The zero-order valence-corrected chi connectivity index (χ0v) is 12.8. The molecule has 3 aromatic rings. The van der Waals surface area contributed by atoms with Gasteiger partial charge in [0.1, 0.15) is 5.82 Å². The standard InChI is InChI=1S/C15H16N4OS/c1-3-11-16-13-12(19(11)2)14(20)18-15(17-13)21-9-10-7-5-4-6-8-10/h4-8H,3,9H2,1-2H3,(H,17,18,20). The van der Waals surface area contributed by atoms with Crippen molar-refractivity contribution in [2.45, 2.75) is 24.3 Å². The van der Waals surface area contributed by atoms with E-state index in [1.807, 2.05) is 36.7 Å². The summed E-state index contributed by atoms with van der Waals surface area (Å²) in [6, 6.07) is 10.1. The number of imidazole rings is 1. The minimum absolute atomic E-state index is 0.134. The van der Waals surface area contributed by atoms with Gasteiger partial charge in [0.25, 0.3) is 5.56 Å². The van der Waals surface area contributed by atoms with E-state index in [1.165, 1.54) is 17.3 Å². The maximum absolute atomic E-state index is 12.2. The number of aromatic nitrogens is 4. The second kappa shape index (κ2) is 5.73. The van der Waals surface area contributed by atoms with Crippen molar-refractivity contribution in [3.63, 3.8) is 0 Å². The summed E-state index contributed by atoms with van der Waals surface area (Å²) in [5.74, 6) is 1.64. The maximum Gasteiger partial charge on any atom is 0.277 e. The Morgan fingerprint density at radius 1 is 1.24 bits per heavy atom. The number of hydrogen-bond acceptors (Lipinski definition) is 4. The fourth-order valence-electron chi connectivity index (χ4n) is 2.25. The third-order valence-corrected chi connectivity index (χ3v) is 4.29. The molecule has 0 saturated carbocycles. The zero-order valence-electron chi connectivity index (χ0n) is 12.0. The molecule has 0 aliphatic rings. The molecule has 0 amide bonds. The lowest BCUT2D eigenvalue weighted by Gasteiger charge is -2.01. The molecule has 1 N–H and O–H groups in total. The molecule has 0 atom stereocenters. The van der Waals surface area contributed by atoms with Crippen LogP contribution in [0.3, 0.4) is 0 Å². The summed E-state index contributed by atoms with van der Waals surface area (Å²) in [4.78, 5) is 23.9. The maximum atomic E-state index is 12.2. The minimum atomic E-state index is -0.134. The number of aryl methyl sites for hydroxylation is 2. The van der Waals surface area contributed by atoms with Gasteiger partial charge in [-0.3, -0.25) is 9.78 Å². The van der Waals surface area contributed by atoms with Crippen LogP contribution in [0.15, 0.2) is 40.3 Å².